The van der Waals surface area contributed by atoms with Gasteiger partial charge in [-0.3, -0.25) is 5.04 Å². The van der Waals surface area contributed by atoms with Crippen LogP contribution in [0.3, 0.4) is 0 Å². The van der Waals surface area contributed by atoms with Gasteiger partial charge in [-0.25, -0.2) is 4.79 Å². The van der Waals surface area contributed by atoms with Crippen LogP contribution in [-0.4, -0.2) is 17.0 Å². The molecule has 0 radical (unpaired) electrons. The minimum atomic E-state index is -0.351. The molecule has 1 aromatic rings. The SMILES string of the molecule is Cc1cc(C(=O)OCCI)cc(C)c1SOO[O-].[Na+]. The van der Waals surface area contributed by atoms with Crippen molar-refractivity contribution in [2.75, 3.05) is 11.0 Å². The van der Waals surface area contributed by atoms with Crippen molar-refractivity contribution in [1.82, 2.24) is 0 Å². The summed E-state index contributed by atoms with van der Waals surface area (Å²) in [6.07, 6.45) is 0. The number of aryl methyl sites for hydroxylation is 2. The van der Waals surface area contributed by atoms with Gasteiger partial charge in [0.05, 0.1) is 17.6 Å². The Morgan fingerprint density at radius 3 is 2.42 bits per heavy atom. The van der Waals surface area contributed by atoms with Gasteiger partial charge in [0.15, 0.2) is 0 Å². The summed E-state index contributed by atoms with van der Waals surface area (Å²) in [6, 6.07) is 3.39. The van der Waals surface area contributed by atoms with Crippen molar-refractivity contribution in [2.24, 2.45) is 0 Å². The topological polar surface area (TPSA) is 67.8 Å². The van der Waals surface area contributed by atoms with Crippen LogP contribution in [0.4, 0.5) is 0 Å². The maximum atomic E-state index is 11.7. The zero-order valence-corrected chi connectivity index (χ0v) is 15.9. The summed E-state index contributed by atoms with van der Waals surface area (Å²) in [7, 11) is 0. The van der Waals surface area contributed by atoms with Gasteiger partial charge in [-0.2, -0.15) is 4.33 Å². The van der Waals surface area contributed by atoms with E-state index in [1.807, 2.05) is 13.8 Å². The second-order valence-corrected chi connectivity index (χ2v) is 5.27. The Balaban J connectivity index is 0.00000324. The number of benzene rings is 1. The van der Waals surface area contributed by atoms with E-state index in [1.165, 1.54) is 0 Å². The van der Waals surface area contributed by atoms with E-state index in [4.69, 9.17) is 4.74 Å². The van der Waals surface area contributed by atoms with Crippen molar-refractivity contribution in [3.8, 4) is 0 Å². The molecular weight excluding hydrogens is 394 g/mol. The summed E-state index contributed by atoms with van der Waals surface area (Å²) in [4.78, 5) is 12.4. The van der Waals surface area contributed by atoms with E-state index in [-0.39, 0.29) is 35.5 Å². The zero-order chi connectivity index (χ0) is 13.5. The molecule has 5 nitrogen and oxygen atoms in total. The van der Waals surface area contributed by atoms with E-state index >= 15 is 0 Å². The number of hydrogen-bond acceptors (Lipinski definition) is 6. The van der Waals surface area contributed by atoms with Gasteiger partial charge in [0.25, 0.3) is 0 Å². The van der Waals surface area contributed by atoms with Crippen molar-refractivity contribution >= 4 is 40.6 Å². The number of rotatable bonds is 6. The third-order valence-electron chi connectivity index (χ3n) is 2.15. The van der Waals surface area contributed by atoms with Crippen molar-refractivity contribution in [3.05, 3.63) is 28.8 Å². The summed E-state index contributed by atoms with van der Waals surface area (Å²) < 4.78 is 10.1. The molecule has 1 rings (SSSR count). The fourth-order valence-electron chi connectivity index (χ4n) is 1.46. The predicted octanol–water partition coefficient (Wildman–Crippen LogP) is -0.870. The first kappa shape index (κ1) is 19.7. The summed E-state index contributed by atoms with van der Waals surface area (Å²) in [6.45, 7) is 4.03. The molecule has 0 aromatic heterocycles. The van der Waals surface area contributed by atoms with Crippen LogP contribution in [0.25, 0.3) is 0 Å². The third-order valence-corrected chi connectivity index (χ3v) is 3.53. The van der Waals surface area contributed by atoms with Gasteiger partial charge in [0.1, 0.15) is 6.61 Å². The Labute approximate surface area is 151 Å². The normalized spacial score (nSPS) is 9.89. The number of ether oxygens (including phenoxy) is 1. The van der Waals surface area contributed by atoms with E-state index in [0.717, 1.165) is 32.5 Å². The van der Waals surface area contributed by atoms with E-state index in [2.05, 4.69) is 32.0 Å². The predicted molar refractivity (Wildman–Crippen MR) is 73.1 cm³/mol. The van der Waals surface area contributed by atoms with Gasteiger partial charge >= 0.3 is 35.5 Å². The molecule has 0 N–H and O–H groups in total. The number of esters is 1. The van der Waals surface area contributed by atoms with Crippen molar-refractivity contribution in [2.45, 2.75) is 18.7 Å². The first-order valence-electron chi connectivity index (χ1n) is 5.07. The molecule has 100 valence electrons. The Hall–Kier alpha value is 0.650. The van der Waals surface area contributed by atoms with Crippen molar-refractivity contribution in [1.29, 1.82) is 0 Å². The first-order valence-corrected chi connectivity index (χ1v) is 7.34. The summed E-state index contributed by atoms with van der Waals surface area (Å²) in [5.74, 6) is -0.351. The van der Waals surface area contributed by atoms with Crippen molar-refractivity contribution < 1.29 is 53.7 Å². The molecule has 0 aliphatic rings. The second kappa shape index (κ2) is 10.4. The number of carbonyl (C=O) groups excluding carboxylic acids is 1. The Morgan fingerprint density at radius 2 is 1.95 bits per heavy atom. The molecule has 0 saturated heterocycles. The quantitative estimate of drug-likeness (QED) is 0.116. The molecular formula is C11H12INaO5S. The van der Waals surface area contributed by atoms with Gasteiger partial charge in [-0.15, -0.1) is 0 Å². The molecule has 8 heteroatoms. The van der Waals surface area contributed by atoms with Gasteiger partial charge in [-0.05, 0) is 37.1 Å². The molecule has 0 saturated carbocycles. The Morgan fingerprint density at radius 1 is 1.37 bits per heavy atom. The summed E-state index contributed by atoms with van der Waals surface area (Å²) in [5.41, 5.74) is 2.12. The Kier molecular flexibility index (Phi) is 10.7. The van der Waals surface area contributed by atoms with Crippen LogP contribution in [0.2, 0.25) is 0 Å². The first-order chi connectivity index (χ1) is 8.60. The molecule has 0 aliphatic heterocycles. The van der Waals surface area contributed by atoms with Gasteiger partial charge in [0.2, 0.25) is 0 Å². The molecule has 0 bridgehead atoms. The number of hydrogen-bond donors (Lipinski definition) is 0. The standard InChI is InChI=1S/C11H13IO5S.Na/c1-7-5-9(11(13)15-4-3-12)6-8(2)10(7)18-17-16-14;/h5-6,14H,3-4H2,1-2H3;/q;+1/p-1. The van der Waals surface area contributed by atoms with Crippen molar-refractivity contribution in [3.63, 3.8) is 0 Å². The van der Waals surface area contributed by atoms with Gasteiger partial charge < -0.3 is 9.99 Å². The molecule has 0 heterocycles. The van der Waals surface area contributed by atoms with E-state index in [0.29, 0.717) is 12.2 Å². The smallest absolute Gasteiger partial charge is 0.691 e. The van der Waals surface area contributed by atoms with E-state index in [1.54, 1.807) is 12.1 Å². The molecule has 0 aliphatic carbocycles. The van der Waals surface area contributed by atoms with Crippen LogP contribution in [0.15, 0.2) is 17.0 Å². The Bertz CT molecular complexity index is 407. The molecule has 1 aromatic carbocycles. The molecule has 0 atom stereocenters. The molecule has 0 fully saturated rings. The van der Waals surface area contributed by atoms with Crippen LogP contribution in [0.1, 0.15) is 21.5 Å². The van der Waals surface area contributed by atoms with Crippen LogP contribution in [0.5, 0.6) is 0 Å². The monoisotopic (exact) mass is 406 g/mol. The molecule has 0 unspecified atom stereocenters. The number of carbonyl (C=O) groups is 1. The number of halogens is 1. The van der Waals surface area contributed by atoms with E-state index < -0.39 is 0 Å². The summed E-state index contributed by atoms with van der Waals surface area (Å²) >= 11 is 2.96. The largest absolute Gasteiger partial charge is 1.00 e. The van der Waals surface area contributed by atoms with Crippen LogP contribution in [-0.2, 0) is 14.1 Å². The fraction of sp³-hybridized carbons (Fsp3) is 0.364. The number of alkyl halides is 1. The maximum Gasteiger partial charge on any atom is 1.00 e. The van der Waals surface area contributed by atoms with Crippen LogP contribution >= 0.6 is 34.6 Å². The van der Waals surface area contributed by atoms with Gasteiger partial charge in [-0.1, -0.05) is 22.6 Å². The minimum Gasteiger partial charge on any atom is -0.691 e. The zero-order valence-electron chi connectivity index (χ0n) is 10.9. The second-order valence-electron chi connectivity index (χ2n) is 3.48. The average molecular weight is 406 g/mol. The van der Waals surface area contributed by atoms with Gasteiger partial charge in [0, 0.05) is 9.32 Å². The third kappa shape index (κ3) is 6.30. The maximum absolute atomic E-state index is 11.7. The van der Waals surface area contributed by atoms with Crippen LogP contribution < -0.4 is 34.8 Å². The molecule has 19 heavy (non-hydrogen) atoms. The van der Waals surface area contributed by atoms with Crippen LogP contribution in [0, 0.1) is 13.8 Å². The average Bonchev–Trinajstić information content (AvgIpc) is 2.34. The van der Waals surface area contributed by atoms with E-state index in [9.17, 15) is 10.1 Å². The summed E-state index contributed by atoms with van der Waals surface area (Å²) in [5, 5.41) is 13.1. The fourth-order valence-corrected chi connectivity index (χ4v) is 2.16. The molecule has 0 spiro atoms. The molecule has 0 amide bonds. The minimum absolute atomic E-state index is 0.